The van der Waals surface area contributed by atoms with Gasteiger partial charge in [-0.1, -0.05) is 72.4 Å². The Kier molecular flexibility index (Phi) is 4.92. The van der Waals surface area contributed by atoms with Crippen LogP contribution >= 0.6 is 23.1 Å². The van der Waals surface area contributed by atoms with Crippen molar-refractivity contribution in [1.82, 2.24) is 9.97 Å². The number of Topliss-reactive ketones (excluding diaryl/α,β-unsaturated/α-hetero) is 1. The Labute approximate surface area is 164 Å². The summed E-state index contributed by atoms with van der Waals surface area (Å²) in [5.41, 5.74) is 2.58. The van der Waals surface area contributed by atoms with Crippen LogP contribution in [-0.4, -0.2) is 15.8 Å². The first kappa shape index (κ1) is 17.7. The molecule has 0 unspecified atom stereocenters. The number of carbonyl (C=O) groups is 1. The van der Waals surface area contributed by atoms with Gasteiger partial charge in [0.15, 0.2) is 5.16 Å². The van der Waals surface area contributed by atoms with E-state index in [1.807, 2.05) is 66.0 Å². The third kappa shape index (κ3) is 3.59. The van der Waals surface area contributed by atoms with Gasteiger partial charge in [0.2, 0.25) is 0 Å². The number of hydrogen-bond acceptors (Lipinski definition) is 5. The zero-order valence-corrected chi connectivity index (χ0v) is 16.1. The van der Waals surface area contributed by atoms with Crippen LogP contribution in [0, 0.1) is 0 Å². The maximum Gasteiger partial charge on any atom is 0.260 e. The van der Waals surface area contributed by atoms with Crippen LogP contribution in [0.1, 0.15) is 17.7 Å². The molecule has 2 aromatic heterocycles. The molecule has 2 heterocycles. The summed E-state index contributed by atoms with van der Waals surface area (Å²) in [5, 5.41) is 2.60. The number of fused-ring (bicyclic) bond motifs is 1. The van der Waals surface area contributed by atoms with E-state index in [4.69, 9.17) is 0 Å². The number of thioether (sulfide) groups is 1. The van der Waals surface area contributed by atoms with E-state index in [1.165, 1.54) is 23.1 Å². The molecule has 1 atom stereocenters. The van der Waals surface area contributed by atoms with Gasteiger partial charge in [-0.05, 0) is 18.1 Å². The van der Waals surface area contributed by atoms with E-state index in [-0.39, 0.29) is 11.3 Å². The van der Waals surface area contributed by atoms with Crippen molar-refractivity contribution in [2.75, 3.05) is 0 Å². The van der Waals surface area contributed by atoms with Gasteiger partial charge in [0.25, 0.3) is 5.56 Å². The number of hydrogen-bond donors (Lipinski definition) is 1. The first-order chi connectivity index (χ1) is 13.1. The van der Waals surface area contributed by atoms with Crippen LogP contribution in [-0.2, 0) is 4.79 Å². The molecule has 4 rings (SSSR count). The Morgan fingerprint density at radius 1 is 1.07 bits per heavy atom. The highest BCUT2D eigenvalue weighted by Gasteiger charge is 2.21. The van der Waals surface area contributed by atoms with E-state index >= 15 is 0 Å². The monoisotopic (exact) mass is 392 g/mol. The van der Waals surface area contributed by atoms with Crippen molar-refractivity contribution in [1.29, 1.82) is 0 Å². The predicted molar refractivity (Wildman–Crippen MR) is 111 cm³/mol. The number of nitrogens with zero attached hydrogens (tertiary/aromatic N) is 1. The molecule has 134 valence electrons. The second kappa shape index (κ2) is 7.50. The molecular weight excluding hydrogens is 376 g/mol. The van der Waals surface area contributed by atoms with Gasteiger partial charge in [0.1, 0.15) is 10.6 Å². The Hall–Kier alpha value is -2.70. The van der Waals surface area contributed by atoms with Crippen LogP contribution in [0.5, 0.6) is 0 Å². The average Bonchev–Trinajstić information content (AvgIpc) is 3.12. The molecule has 0 radical (unpaired) electrons. The Morgan fingerprint density at radius 2 is 1.74 bits per heavy atom. The second-order valence-corrected chi connectivity index (χ2v) is 8.04. The molecule has 0 saturated carbocycles. The predicted octanol–water partition coefficient (Wildman–Crippen LogP) is 5.07. The second-order valence-electron chi connectivity index (χ2n) is 6.09. The summed E-state index contributed by atoms with van der Waals surface area (Å²) in [7, 11) is 0. The highest BCUT2D eigenvalue weighted by atomic mass is 32.2. The molecule has 2 aromatic carbocycles. The van der Waals surface area contributed by atoms with Gasteiger partial charge in [-0.25, -0.2) is 4.98 Å². The number of aromatic nitrogens is 2. The van der Waals surface area contributed by atoms with Crippen LogP contribution in [0.2, 0.25) is 0 Å². The van der Waals surface area contributed by atoms with Crippen LogP contribution in [0.3, 0.4) is 0 Å². The number of thiophene rings is 1. The lowest BCUT2D eigenvalue weighted by Gasteiger charge is -2.13. The number of nitrogens with one attached hydrogen (secondary N) is 1. The minimum absolute atomic E-state index is 0.0186. The molecule has 0 bridgehead atoms. The van der Waals surface area contributed by atoms with Gasteiger partial charge in [-0.3, -0.25) is 9.59 Å². The largest absolute Gasteiger partial charge is 0.301 e. The fraction of sp³-hybridized carbons (Fsp3) is 0.0952. The first-order valence-electron chi connectivity index (χ1n) is 8.42. The van der Waals surface area contributed by atoms with E-state index in [0.29, 0.717) is 15.4 Å². The van der Waals surface area contributed by atoms with Crippen LogP contribution < -0.4 is 5.56 Å². The van der Waals surface area contributed by atoms with Gasteiger partial charge in [0.05, 0.1) is 10.6 Å². The smallest absolute Gasteiger partial charge is 0.260 e. The highest BCUT2D eigenvalue weighted by molar-refractivity contribution is 8.00. The zero-order valence-electron chi connectivity index (χ0n) is 14.5. The molecule has 0 aliphatic rings. The summed E-state index contributed by atoms with van der Waals surface area (Å²) < 4.78 is 0. The van der Waals surface area contributed by atoms with E-state index in [1.54, 1.807) is 6.92 Å². The summed E-state index contributed by atoms with van der Waals surface area (Å²) in [6, 6.07) is 19.3. The maximum absolute atomic E-state index is 12.8. The molecule has 4 nitrogen and oxygen atoms in total. The van der Waals surface area contributed by atoms with Crippen LogP contribution in [0.25, 0.3) is 21.3 Å². The van der Waals surface area contributed by atoms with Crippen molar-refractivity contribution >= 4 is 39.1 Å². The van der Waals surface area contributed by atoms with Gasteiger partial charge in [-0.15, -0.1) is 11.3 Å². The number of benzene rings is 2. The minimum atomic E-state index is -0.402. The third-order valence-electron chi connectivity index (χ3n) is 4.21. The zero-order chi connectivity index (χ0) is 18.8. The molecule has 4 aromatic rings. The van der Waals surface area contributed by atoms with Crippen molar-refractivity contribution in [3.05, 3.63) is 82.0 Å². The number of rotatable bonds is 5. The number of H-pyrrole nitrogens is 1. The number of carbonyl (C=O) groups excluding carboxylic acids is 1. The normalized spacial score (nSPS) is 12.2. The summed E-state index contributed by atoms with van der Waals surface area (Å²) in [6.07, 6.45) is 0. The minimum Gasteiger partial charge on any atom is -0.301 e. The molecule has 0 aliphatic carbocycles. The standard InChI is InChI=1S/C21H16N2O2S2/c1-13(24)18(15-10-6-3-7-11-15)27-21-22-19(25)17-16(12-26-20(17)23-21)14-8-4-2-5-9-14/h2-12,18H,1H3,(H,22,23,25)/t18-/m0/s1. The quantitative estimate of drug-likeness (QED) is 0.380. The highest BCUT2D eigenvalue weighted by Crippen LogP contribution is 2.36. The van der Waals surface area contributed by atoms with Crippen molar-refractivity contribution < 1.29 is 4.79 Å². The fourth-order valence-corrected chi connectivity index (χ4v) is 4.92. The fourth-order valence-electron chi connectivity index (χ4n) is 2.94. The van der Waals surface area contributed by atoms with Gasteiger partial charge in [-0.2, -0.15) is 0 Å². The molecular formula is C21H16N2O2S2. The molecule has 6 heteroatoms. The van der Waals surface area contributed by atoms with E-state index in [9.17, 15) is 9.59 Å². The lowest BCUT2D eigenvalue weighted by molar-refractivity contribution is -0.116. The Balaban J connectivity index is 1.74. The Morgan fingerprint density at radius 3 is 2.41 bits per heavy atom. The van der Waals surface area contributed by atoms with Crippen molar-refractivity contribution in [2.45, 2.75) is 17.3 Å². The topological polar surface area (TPSA) is 62.8 Å². The van der Waals surface area contributed by atoms with Gasteiger partial charge in [0, 0.05) is 10.9 Å². The molecule has 0 fully saturated rings. The molecule has 0 saturated heterocycles. The summed E-state index contributed by atoms with van der Waals surface area (Å²) >= 11 is 2.71. The third-order valence-corrected chi connectivity index (χ3v) is 6.34. The van der Waals surface area contributed by atoms with Gasteiger partial charge >= 0.3 is 0 Å². The molecule has 1 N–H and O–H groups in total. The lowest BCUT2D eigenvalue weighted by atomic mass is 10.1. The average molecular weight is 393 g/mol. The molecule has 0 amide bonds. The van der Waals surface area contributed by atoms with Crippen LogP contribution in [0.15, 0.2) is 76.0 Å². The molecule has 0 aliphatic heterocycles. The van der Waals surface area contributed by atoms with E-state index < -0.39 is 5.25 Å². The van der Waals surface area contributed by atoms with Crippen molar-refractivity contribution in [3.63, 3.8) is 0 Å². The number of ketones is 1. The Bertz CT molecular complexity index is 1150. The summed E-state index contributed by atoms with van der Waals surface area (Å²) in [5.74, 6) is 0.0186. The maximum atomic E-state index is 12.8. The van der Waals surface area contributed by atoms with E-state index in [0.717, 1.165) is 16.7 Å². The summed E-state index contributed by atoms with van der Waals surface area (Å²) in [6.45, 7) is 1.56. The molecule has 0 spiro atoms. The van der Waals surface area contributed by atoms with Gasteiger partial charge < -0.3 is 4.98 Å². The van der Waals surface area contributed by atoms with E-state index in [2.05, 4.69) is 9.97 Å². The van der Waals surface area contributed by atoms with Crippen molar-refractivity contribution in [2.24, 2.45) is 0 Å². The lowest BCUT2D eigenvalue weighted by Crippen LogP contribution is -2.11. The number of aromatic amines is 1. The molecule has 27 heavy (non-hydrogen) atoms. The SMILES string of the molecule is CC(=O)[C@H](Sc1nc2scc(-c3ccccc3)c2c(=O)[nH]1)c1ccccc1. The van der Waals surface area contributed by atoms with Crippen molar-refractivity contribution in [3.8, 4) is 11.1 Å². The summed E-state index contributed by atoms with van der Waals surface area (Å²) in [4.78, 5) is 33.0. The first-order valence-corrected chi connectivity index (χ1v) is 10.2. The van der Waals surface area contributed by atoms with Crippen LogP contribution in [0.4, 0.5) is 0 Å².